The summed E-state index contributed by atoms with van der Waals surface area (Å²) >= 11 is 1.47. The van der Waals surface area contributed by atoms with Crippen molar-refractivity contribution in [2.45, 2.75) is 33.4 Å². The number of amides is 1. The van der Waals surface area contributed by atoms with Crippen molar-refractivity contribution in [3.63, 3.8) is 0 Å². The van der Waals surface area contributed by atoms with Gasteiger partial charge in [0, 0.05) is 23.5 Å². The fourth-order valence-corrected chi connectivity index (χ4v) is 5.32. The Kier molecular flexibility index (Phi) is 8.23. The Balaban J connectivity index is 1.59. The molecule has 1 saturated heterocycles. The molecule has 1 aliphatic heterocycles. The largest absolute Gasteiger partial charge is 0.507 e. The standard InChI is InChI=1S/C29H32N2O4S/c1-4-30(5-2)15-16-31-26(24-10-7-17-36-24)25(28(33)29(31)34)27(32)22-11-13-23(14-12-22)35-19-21-9-6-8-20(3)18-21/h6-14,17-18,26,32H,4-5,15-16,19H2,1-3H3. The number of hydrogen-bond acceptors (Lipinski definition) is 6. The molecule has 0 radical (unpaired) electrons. The molecule has 0 saturated carbocycles. The molecule has 1 aliphatic rings. The normalized spacial score (nSPS) is 17.2. The Hall–Kier alpha value is -3.42. The summed E-state index contributed by atoms with van der Waals surface area (Å²) < 4.78 is 5.89. The van der Waals surface area contributed by atoms with E-state index in [0.29, 0.717) is 31.0 Å². The Morgan fingerprint density at radius 2 is 1.81 bits per heavy atom. The van der Waals surface area contributed by atoms with Gasteiger partial charge in [0.05, 0.1) is 11.6 Å². The van der Waals surface area contributed by atoms with Crippen LogP contribution in [0.1, 0.15) is 41.5 Å². The zero-order chi connectivity index (χ0) is 25.7. The maximum Gasteiger partial charge on any atom is 0.295 e. The molecule has 36 heavy (non-hydrogen) atoms. The lowest BCUT2D eigenvalue weighted by atomic mass is 10.00. The van der Waals surface area contributed by atoms with E-state index in [9.17, 15) is 14.7 Å². The fraction of sp³-hybridized carbons (Fsp3) is 0.310. The smallest absolute Gasteiger partial charge is 0.295 e. The predicted molar refractivity (Wildman–Crippen MR) is 143 cm³/mol. The molecule has 0 spiro atoms. The number of aliphatic hydroxyl groups is 1. The summed E-state index contributed by atoms with van der Waals surface area (Å²) in [5, 5.41) is 13.1. The average molecular weight is 505 g/mol. The molecule has 4 rings (SSSR count). The number of hydrogen-bond donors (Lipinski definition) is 1. The molecule has 2 aromatic carbocycles. The molecule has 1 unspecified atom stereocenters. The number of Topliss-reactive ketones (excluding diaryl/α,β-unsaturated/α-hetero) is 1. The van der Waals surface area contributed by atoms with Crippen LogP contribution >= 0.6 is 11.3 Å². The third kappa shape index (κ3) is 5.53. The first-order valence-corrected chi connectivity index (χ1v) is 13.1. The van der Waals surface area contributed by atoms with Gasteiger partial charge in [-0.3, -0.25) is 9.59 Å². The molecule has 188 valence electrons. The summed E-state index contributed by atoms with van der Waals surface area (Å²) in [6.07, 6.45) is 0. The van der Waals surface area contributed by atoms with E-state index >= 15 is 0 Å². The van der Waals surface area contributed by atoms with Gasteiger partial charge < -0.3 is 19.6 Å². The van der Waals surface area contributed by atoms with E-state index < -0.39 is 17.7 Å². The number of rotatable bonds is 10. The summed E-state index contributed by atoms with van der Waals surface area (Å²) in [5.41, 5.74) is 2.85. The highest BCUT2D eigenvalue weighted by atomic mass is 32.1. The Labute approximate surface area is 216 Å². The van der Waals surface area contributed by atoms with E-state index in [1.54, 1.807) is 29.2 Å². The van der Waals surface area contributed by atoms with Gasteiger partial charge in [-0.2, -0.15) is 0 Å². The van der Waals surface area contributed by atoms with E-state index in [1.165, 1.54) is 16.9 Å². The number of likely N-dealkylation sites (tertiary alicyclic amines) is 1. The zero-order valence-electron chi connectivity index (χ0n) is 20.9. The number of thiophene rings is 1. The van der Waals surface area contributed by atoms with Crippen LogP contribution in [0, 0.1) is 6.92 Å². The molecular weight excluding hydrogens is 472 g/mol. The van der Waals surface area contributed by atoms with Crippen molar-refractivity contribution < 1.29 is 19.4 Å². The van der Waals surface area contributed by atoms with Crippen molar-refractivity contribution in [3.8, 4) is 5.75 Å². The minimum absolute atomic E-state index is 0.135. The van der Waals surface area contributed by atoms with Crippen LogP contribution in [0.15, 0.2) is 71.6 Å². The van der Waals surface area contributed by atoms with Crippen molar-refractivity contribution in [2.75, 3.05) is 26.2 Å². The molecule has 0 aliphatic carbocycles. The highest BCUT2D eigenvalue weighted by molar-refractivity contribution is 7.10. The first-order valence-electron chi connectivity index (χ1n) is 12.3. The van der Waals surface area contributed by atoms with Gasteiger partial charge in [0.15, 0.2) is 0 Å². The lowest BCUT2D eigenvalue weighted by molar-refractivity contribution is -0.140. The average Bonchev–Trinajstić information content (AvgIpc) is 3.50. The van der Waals surface area contributed by atoms with Crippen LogP contribution in [0.25, 0.3) is 5.76 Å². The van der Waals surface area contributed by atoms with Gasteiger partial charge in [-0.15, -0.1) is 11.3 Å². The van der Waals surface area contributed by atoms with Crippen LogP contribution in [0.4, 0.5) is 0 Å². The predicted octanol–water partition coefficient (Wildman–Crippen LogP) is 5.40. The number of likely N-dealkylation sites (N-methyl/N-ethyl adjacent to an activating group) is 1. The number of carbonyl (C=O) groups excluding carboxylic acids is 2. The molecular formula is C29H32N2O4S. The number of ether oxygens (including phenoxy) is 1. The SMILES string of the molecule is CCN(CC)CCN1C(=O)C(=O)C(=C(O)c2ccc(OCc3cccc(C)c3)cc2)C1c1cccs1. The summed E-state index contributed by atoms with van der Waals surface area (Å²) in [5.74, 6) is -0.727. The van der Waals surface area contributed by atoms with Gasteiger partial charge in [0.2, 0.25) is 0 Å². The van der Waals surface area contributed by atoms with Crippen molar-refractivity contribution in [1.29, 1.82) is 0 Å². The topological polar surface area (TPSA) is 70.1 Å². The summed E-state index contributed by atoms with van der Waals surface area (Å²) in [7, 11) is 0. The monoisotopic (exact) mass is 504 g/mol. The highest BCUT2D eigenvalue weighted by Crippen LogP contribution is 2.41. The molecule has 1 amide bonds. The molecule has 7 heteroatoms. The maximum absolute atomic E-state index is 13.1. The molecule has 3 aromatic rings. The minimum Gasteiger partial charge on any atom is -0.507 e. The first-order chi connectivity index (χ1) is 17.4. The van der Waals surface area contributed by atoms with Crippen molar-refractivity contribution in [3.05, 3.63) is 93.2 Å². The van der Waals surface area contributed by atoms with Crippen LogP contribution in [0.2, 0.25) is 0 Å². The number of aliphatic hydroxyl groups excluding tert-OH is 1. The van der Waals surface area contributed by atoms with Crippen LogP contribution < -0.4 is 4.74 Å². The molecule has 2 heterocycles. The molecule has 0 bridgehead atoms. The molecule has 6 nitrogen and oxygen atoms in total. The lowest BCUT2D eigenvalue weighted by Gasteiger charge is -2.27. The van der Waals surface area contributed by atoms with Gasteiger partial charge in [-0.25, -0.2) is 0 Å². The van der Waals surface area contributed by atoms with Crippen molar-refractivity contribution in [2.24, 2.45) is 0 Å². The van der Waals surface area contributed by atoms with Crippen LogP contribution in [-0.2, 0) is 16.2 Å². The van der Waals surface area contributed by atoms with Crippen LogP contribution in [0.3, 0.4) is 0 Å². The first kappa shape index (κ1) is 25.7. The second-order valence-corrected chi connectivity index (χ2v) is 9.82. The maximum atomic E-state index is 13.1. The van der Waals surface area contributed by atoms with Gasteiger partial charge in [0.1, 0.15) is 18.1 Å². The zero-order valence-corrected chi connectivity index (χ0v) is 21.8. The van der Waals surface area contributed by atoms with E-state index in [4.69, 9.17) is 4.74 Å². The third-order valence-electron chi connectivity index (χ3n) is 6.52. The number of benzene rings is 2. The number of carbonyl (C=O) groups is 2. The Morgan fingerprint density at radius 3 is 2.44 bits per heavy atom. The summed E-state index contributed by atoms with van der Waals surface area (Å²) in [6, 6.07) is 18.3. The summed E-state index contributed by atoms with van der Waals surface area (Å²) in [6.45, 7) is 9.42. The van der Waals surface area contributed by atoms with Gasteiger partial charge in [0.25, 0.3) is 11.7 Å². The molecule has 1 atom stereocenters. The van der Waals surface area contributed by atoms with Gasteiger partial charge in [-0.1, -0.05) is 49.7 Å². The quantitative estimate of drug-likeness (QED) is 0.227. The number of nitrogens with zero attached hydrogens (tertiary/aromatic N) is 2. The van der Waals surface area contributed by atoms with Crippen LogP contribution in [0.5, 0.6) is 5.75 Å². The fourth-order valence-electron chi connectivity index (χ4n) is 4.48. The van der Waals surface area contributed by atoms with E-state index in [0.717, 1.165) is 23.5 Å². The lowest BCUT2D eigenvalue weighted by Crippen LogP contribution is -2.37. The van der Waals surface area contributed by atoms with E-state index in [2.05, 4.69) is 24.8 Å². The highest BCUT2D eigenvalue weighted by Gasteiger charge is 2.46. The summed E-state index contributed by atoms with van der Waals surface area (Å²) in [4.78, 5) is 30.8. The van der Waals surface area contributed by atoms with E-state index in [-0.39, 0.29) is 11.3 Å². The van der Waals surface area contributed by atoms with Crippen molar-refractivity contribution in [1.82, 2.24) is 9.80 Å². The second kappa shape index (κ2) is 11.5. The van der Waals surface area contributed by atoms with E-state index in [1.807, 2.05) is 42.6 Å². The molecule has 1 fully saturated rings. The third-order valence-corrected chi connectivity index (χ3v) is 7.44. The molecule has 1 N–H and O–H groups in total. The Morgan fingerprint density at radius 1 is 1.06 bits per heavy atom. The minimum atomic E-state index is -0.648. The number of ketones is 1. The number of aryl methyl sites for hydroxylation is 1. The Bertz CT molecular complexity index is 1230. The second-order valence-electron chi connectivity index (χ2n) is 8.84. The van der Waals surface area contributed by atoms with Gasteiger partial charge in [-0.05, 0) is 61.3 Å². The molecule has 1 aromatic heterocycles. The van der Waals surface area contributed by atoms with Crippen LogP contribution in [-0.4, -0.2) is 52.8 Å². The van der Waals surface area contributed by atoms with Gasteiger partial charge >= 0.3 is 0 Å². The van der Waals surface area contributed by atoms with Crippen molar-refractivity contribution >= 4 is 28.8 Å².